The third-order valence-corrected chi connectivity index (χ3v) is 3.13. The van der Waals surface area contributed by atoms with E-state index in [1.165, 1.54) is 13.2 Å². The maximum Gasteiger partial charge on any atom is 0.451 e. The number of alkyl halides is 3. The highest BCUT2D eigenvalue weighted by atomic mass is 79.9. The van der Waals surface area contributed by atoms with Gasteiger partial charge in [0.2, 0.25) is 5.82 Å². The molecule has 0 spiro atoms. The number of hydrogen-bond acceptors (Lipinski definition) is 5. The van der Waals surface area contributed by atoms with E-state index in [0.29, 0.717) is 15.9 Å². The van der Waals surface area contributed by atoms with Crippen LogP contribution in [0.5, 0.6) is 5.75 Å². The number of nitrogens with one attached hydrogen (secondary N) is 1. The SMILES string of the molecule is COc1ccc(Br)c(Nc2cc(N)nc(C(F)(F)F)n2)c1. The minimum atomic E-state index is -4.67. The molecule has 2 rings (SSSR count). The summed E-state index contributed by atoms with van der Waals surface area (Å²) in [5.74, 6) is -1.11. The van der Waals surface area contributed by atoms with Gasteiger partial charge in [-0.15, -0.1) is 0 Å². The van der Waals surface area contributed by atoms with Gasteiger partial charge in [0.25, 0.3) is 0 Å². The first-order valence-electron chi connectivity index (χ1n) is 5.62. The Morgan fingerprint density at radius 1 is 1.24 bits per heavy atom. The molecule has 0 bridgehead atoms. The fourth-order valence-corrected chi connectivity index (χ4v) is 1.87. The Labute approximate surface area is 126 Å². The number of methoxy groups -OCH3 is 1. The molecule has 1 aromatic heterocycles. The highest BCUT2D eigenvalue weighted by Crippen LogP contribution is 2.31. The smallest absolute Gasteiger partial charge is 0.451 e. The van der Waals surface area contributed by atoms with Gasteiger partial charge in [-0.1, -0.05) is 0 Å². The fourth-order valence-electron chi connectivity index (χ4n) is 1.52. The molecule has 3 N–H and O–H groups in total. The summed E-state index contributed by atoms with van der Waals surface area (Å²) in [6.45, 7) is 0. The summed E-state index contributed by atoms with van der Waals surface area (Å²) in [6, 6.07) is 6.21. The van der Waals surface area contributed by atoms with Crippen molar-refractivity contribution in [1.82, 2.24) is 9.97 Å². The quantitative estimate of drug-likeness (QED) is 0.872. The van der Waals surface area contributed by atoms with Crippen molar-refractivity contribution in [3.63, 3.8) is 0 Å². The summed E-state index contributed by atoms with van der Waals surface area (Å²) in [5.41, 5.74) is 5.86. The molecule has 21 heavy (non-hydrogen) atoms. The van der Waals surface area contributed by atoms with Crippen LogP contribution in [0.15, 0.2) is 28.7 Å². The summed E-state index contributed by atoms with van der Waals surface area (Å²) in [4.78, 5) is 6.58. The van der Waals surface area contributed by atoms with E-state index in [1.807, 2.05) is 0 Å². The summed E-state index contributed by atoms with van der Waals surface area (Å²) in [7, 11) is 1.48. The van der Waals surface area contributed by atoms with E-state index in [9.17, 15) is 13.2 Å². The Bertz CT molecular complexity index is 663. The number of rotatable bonds is 3. The Morgan fingerprint density at radius 2 is 1.95 bits per heavy atom. The lowest BCUT2D eigenvalue weighted by molar-refractivity contribution is -0.144. The highest BCUT2D eigenvalue weighted by Gasteiger charge is 2.35. The predicted octanol–water partition coefficient (Wildman–Crippen LogP) is 3.59. The number of benzene rings is 1. The van der Waals surface area contributed by atoms with Gasteiger partial charge in [0.1, 0.15) is 17.4 Å². The van der Waals surface area contributed by atoms with Gasteiger partial charge in [0, 0.05) is 16.6 Å². The van der Waals surface area contributed by atoms with Crippen molar-refractivity contribution in [3.05, 3.63) is 34.6 Å². The number of nitrogen functional groups attached to an aromatic ring is 1. The van der Waals surface area contributed by atoms with E-state index in [1.54, 1.807) is 18.2 Å². The molecule has 5 nitrogen and oxygen atoms in total. The van der Waals surface area contributed by atoms with Crippen molar-refractivity contribution in [1.29, 1.82) is 0 Å². The molecule has 0 aliphatic rings. The van der Waals surface area contributed by atoms with Gasteiger partial charge in [-0.3, -0.25) is 0 Å². The van der Waals surface area contributed by atoms with Gasteiger partial charge in [0.05, 0.1) is 12.8 Å². The van der Waals surface area contributed by atoms with Gasteiger partial charge in [0.15, 0.2) is 0 Å². The molecular formula is C12H10BrF3N4O. The normalized spacial score (nSPS) is 11.3. The van der Waals surface area contributed by atoms with Crippen LogP contribution in [0, 0.1) is 0 Å². The maximum absolute atomic E-state index is 12.6. The van der Waals surface area contributed by atoms with Gasteiger partial charge >= 0.3 is 6.18 Å². The number of ether oxygens (including phenoxy) is 1. The van der Waals surface area contributed by atoms with Crippen LogP contribution in [-0.4, -0.2) is 17.1 Å². The van der Waals surface area contributed by atoms with Crippen molar-refractivity contribution >= 4 is 33.3 Å². The van der Waals surface area contributed by atoms with Crippen molar-refractivity contribution in [2.24, 2.45) is 0 Å². The molecule has 0 amide bonds. The van der Waals surface area contributed by atoms with Gasteiger partial charge < -0.3 is 15.8 Å². The minimum absolute atomic E-state index is 0.0659. The molecule has 0 radical (unpaired) electrons. The number of anilines is 3. The lowest BCUT2D eigenvalue weighted by Crippen LogP contribution is -2.13. The maximum atomic E-state index is 12.6. The minimum Gasteiger partial charge on any atom is -0.497 e. The molecule has 9 heteroatoms. The molecule has 0 aliphatic heterocycles. The summed E-state index contributed by atoms with van der Waals surface area (Å²) in [5, 5.41) is 2.74. The van der Waals surface area contributed by atoms with Crippen molar-refractivity contribution < 1.29 is 17.9 Å². The molecule has 1 heterocycles. The standard InChI is InChI=1S/C12H10BrF3N4O/c1-21-6-2-3-7(13)8(4-6)18-10-5-9(17)19-11(20-10)12(14,15)16/h2-5H,1H3,(H3,17,18,19,20). The second-order valence-electron chi connectivity index (χ2n) is 3.97. The van der Waals surface area contributed by atoms with E-state index >= 15 is 0 Å². The van der Waals surface area contributed by atoms with Gasteiger partial charge in [-0.2, -0.15) is 13.2 Å². The molecule has 0 saturated heterocycles. The van der Waals surface area contributed by atoms with Crippen LogP contribution in [0.25, 0.3) is 0 Å². The molecule has 0 aliphatic carbocycles. The fraction of sp³-hybridized carbons (Fsp3) is 0.167. The molecule has 0 atom stereocenters. The first-order chi connectivity index (χ1) is 9.79. The van der Waals surface area contributed by atoms with Crippen LogP contribution >= 0.6 is 15.9 Å². The van der Waals surface area contributed by atoms with Crippen LogP contribution in [-0.2, 0) is 6.18 Å². The lowest BCUT2D eigenvalue weighted by atomic mass is 10.3. The lowest BCUT2D eigenvalue weighted by Gasteiger charge is -2.12. The Morgan fingerprint density at radius 3 is 2.57 bits per heavy atom. The number of nitrogens with zero attached hydrogens (tertiary/aromatic N) is 2. The first-order valence-corrected chi connectivity index (χ1v) is 6.41. The Kier molecular flexibility index (Phi) is 4.21. The van der Waals surface area contributed by atoms with Crippen molar-refractivity contribution in [2.75, 3.05) is 18.2 Å². The van der Waals surface area contributed by atoms with E-state index in [-0.39, 0.29) is 11.6 Å². The number of aromatic nitrogens is 2. The summed E-state index contributed by atoms with van der Waals surface area (Å²) < 4.78 is 43.6. The zero-order valence-electron chi connectivity index (χ0n) is 10.7. The van der Waals surface area contributed by atoms with Crippen LogP contribution in [0.2, 0.25) is 0 Å². The third-order valence-electron chi connectivity index (χ3n) is 2.44. The van der Waals surface area contributed by atoms with Gasteiger partial charge in [-0.05, 0) is 28.1 Å². The Hall–Kier alpha value is -2.03. The van der Waals surface area contributed by atoms with E-state index in [4.69, 9.17) is 10.5 Å². The highest BCUT2D eigenvalue weighted by molar-refractivity contribution is 9.10. The second-order valence-corrected chi connectivity index (χ2v) is 4.82. The van der Waals surface area contributed by atoms with E-state index in [0.717, 1.165) is 0 Å². The zero-order chi connectivity index (χ0) is 15.6. The number of hydrogen-bond donors (Lipinski definition) is 2. The predicted molar refractivity (Wildman–Crippen MR) is 75.4 cm³/mol. The average Bonchev–Trinajstić information content (AvgIpc) is 2.39. The molecule has 112 valence electrons. The first kappa shape index (κ1) is 15.4. The second kappa shape index (κ2) is 5.76. The van der Waals surface area contributed by atoms with Crippen LogP contribution < -0.4 is 15.8 Å². The van der Waals surface area contributed by atoms with E-state index < -0.39 is 12.0 Å². The van der Waals surface area contributed by atoms with Crippen molar-refractivity contribution in [3.8, 4) is 5.75 Å². The molecule has 0 unspecified atom stereocenters. The molecule has 1 aromatic carbocycles. The van der Waals surface area contributed by atoms with Crippen molar-refractivity contribution in [2.45, 2.75) is 6.18 Å². The monoisotopic (exact) mass is 362 g/mol. The number of nitrogens with two attached hydrogens (primary N) is 1. The largest absolute Gasteiger partial charge is 0.497 e. The van der Waals surface area contributed by atoms with E-state index in [2.05, 4.69) is 31.2 Å². The van der Waals surface area contributed by atoms with Crippen LogP contribution in [0.1, 0.15) is 5.82 Å². The summed E-state index contributed by atoms with van der Waals surface area (Å²) >= 11 is 3.28. The van der Waals surface area contributed by atoms with Crippen LogP contribution in [0.4, 0.5) is 30.5 Å². The zero-order valence-corrected chi connectivity index (χ0v) is 12.3. The van der Waals surface area contributed by atoms with Crippen LogP contribution in [0.3, 0.4) is 0 Å². The Balaban J connectivity index is 2.38. The average molecular weight is 363 g/mol. The molecule has 0 fully saturated rings. The molecular weight excluding hydrogens is 353 g/mol. The summed E-state index contributed by atoms with van der Waals surface area (Å²) in [6.07, 6.45) is -4.67. The molecule has 2 aromatic rings. The third kappa shape index (κ3) is 3.75. The van der Waals surface area contributed by atoms with Gasteiger partial charge in [-0.25, -0.2) is 9.97 Å². The number of halogens is 4. The molecule has 0 saturated carbocycles. The topological polar surface area (TPSA) is 73.1 Å².